The number of benzene rings is 3. The molecule has 1 N–H and O–H groups in total. The fraction of sp³-hybridized carbons (Fsp3) is 0.192. The van der Waals surface area contributed by atoms with E-state index in [0.29, 0.717) is 47.6 Å². The van der Waals surface area contributed by atoms with Gasteiger partial charge in [-0.15, -0.1) is 0 Å². The number of piperidine rings is 1. The number of hydrogen-bond donors (Lipinski definition) is 1. The standard InChI is InChI=1S/C26H22ClN3O3/c27-18-11-9-17(10-12-18)24(31)20-5-1-2-6-21(20)25(32)29-15-13-19(14-16-29)30-23-8-4-3-7-22(23)28-26(30)33/h1-12,19H,13-16H2,(H,28,33). The van der Waals surface area contributed by atoms with E-state index < -0.39 is 0 Å². The number of likely N-dealkylation sites (tertiary alicyclic amines) is 1. The second-order valence-corrected chi connectivity index (χ2v) is 8.66. The average molecular weight is 460 g/mol. The molecule has 0 saturated carbocycles. The first-order chi connectivity index (χ1) is 16.0. The number of rotatable bonds is 4. The minimum atomic E-state index is -0.212. The summed E-state index contributed by atoms with van der Waals surface area (Å²) in [5, 5.41) is 0.549. The predicted octanol–water partition coefficient (Wildman–Crippen LogP) is 4.69. The van der Waals surface area contributed by atoms with Crippen LogP contribution in [0.2, 0.25) is 5.02 Å². The van der Waals surface area contributed by atoms with Gasteiger partial charge in [0.05, 0.1) is 16.6 Å². The molecule has 0 bridgehead atoms. The first kappa shape index (κ1) is 21.2. The Kier molecular flexibility index (Phi) is 5.60. The summed E-state index contributed by atoms with van der Waals surface area (Å²) in [6.07, 6.45) is 1.33. The Morgan fingerprint density at radius 2 is 1.48 bits per heavy atom. The van der Waals surface area contributed by atoms with E-state index in [9.17, 15) is 14.4 Å². The van der Waals surface area contributed by atoms with Crippen molar-refractivity contribution < 1.29 is 9.59 Å². The number of ketones is 1. The number of carbonyl (C=O) groups is 2. The zero-order chi connectivity index (χ0) is 22.9. The first-order valence-corrected chi connectivity index (χ1v) is 11.3. The zero-order valence-corrected chi connectivity index (χ0v) is 18.6. The number of H-pyrrole nitrogens is 1. The number of aromatic nitrogens is 2. The zero-order valence-electron chi connectivity index (χ0n) is 17.8. The van der Waals surface area contributed by atoms with Crippen molar-refractivity contribution in [3.05, 3.63) is 105 Å². The summed E-state index contributed by atoms with van der Waals surface area (Å²) in [4.78, 5) is 43.6. The second-order valence-electron chi connectivity index (χ2n) is 8.22. The topological polar surface area (TPSA) is 75.2 Å². The van der Waals surface area contributed by atoms with E-state index in [1.54, 1.807) is 58.0 Å². The van der Waals surface area contributed by atoms with E-state index in [-0.39, 0.29) is 23.4 Å². The van der Waals surface area contributed by atoms with E-state index in [4.69, 9.17) is 11.6 Å². The van der Waals surface area contributed by atoms with Gasteiger partial charge >= 0.3 is 5.69 Å². The maximum atomic E-state index is 13.4. The summed E-state index contributed by atoms with van der Waals surface area (Å²) in [5.41, 5.74) is 2.82. The number of nitrogens with zero attached hydrogens (tertiary/aromatic N) is 2. The van der Waals surface area contributed by atoms with Crippen molar-refractivity contribution in [2.75, 3.05) is 13.1 Å². The Labute approximate surface area is 195 Å². The van der Waals surface area contributed by atoms with Crippen LogP contribution in [-0.4, -0.2) is 39.2 Å². The number of aromatic amines is 1. The summed E-state index contributed by atoms with van der Waals surface area (Å²) >= 11 is 5.94. The predicted molar refractivity (Wildman–Crippen MR) is 128 cm³/mol. The van der Waals surface area contributed by atoms with Crippen LogP contribution >= 0.6 is 11.6 Å². The molecule has 2 heterocycles. The van der Waals surface area contributed by atoms with Crippen LogP contribution in [0.1, 0.15) is 45.2 Å². The lowest BCUT2D eigenvalue weighted by Gasteiger charge is -2.33. The molecule has 1 aliphatic heterocycles. The number of fused-ring (bicyclic) bond motifs is 1. The molecule has 1 fully saturated rings. The Morgan fingerprint density at radius 3 is 2.21 bits per heavy atom. The summed E-state index contributed by atoms with van der Waals surface area (Å²) in [7, 11) is 0. The van der Waals surface area contributed by atoms with Gasteiger partial charge in [-0.2, -0.15) is 0 Å². The van der Waals surface area contributed by atoms with Crippen molar-refractivity contribution in [3.63, 3.8) is 0 Å². The first-order valence-electron chi connectivity index (χ1n) is 10.9. The molecule has 5 rings (SSSR count). The van der Waals surface area contributed by atoms with E-state index >= 15 is 0 Å². The minimum Gasteiger partial charge on any atom is -0.338 e. The van der Waals surface area contributed by atoms with Gasteiger partial charge in [-0.3, -0.25) is 14.2 Å². The number of imidazole rings is 1. The highest BCUT2D eigenvalue weighted by Gasteiger charge is 2.28. The molecule has 33 heavy (non-hydrogen) atoms. The van der Waals surface area contributed by atoms with Gasteiger partial charge < -0.3 is 9.88 Å². The lowest BCUT2D eigenvalue weighted by atomic mass is 9.96. The second kappa shape index (κ2) is 8.71. The van der Waals surface area contributed by atoms with E-state index in [1.807, 2.05) is 24.3 Å². The Hall–Kier alpha value is -3.64. The average Bonchev–Trinajstić information content (AvgIpc) is 3.19. The number of nitrogens with one attached hydrogen (secondary N) is 1. The molecule has 7 heteroatoms. The normalized spacial score (nSPS) is 14.5. The molecule has 1 saturated heterocycles. The molecule has 3 aromatic carbocycles. The molecule has 6 nitrogen and oxygen atoms in total. The van der Waals surface area contributed by atoms with Crippen LogP contribution in [0, 0.1) is 0 Å². The molecular weight excluding hydrogens is 438 g/mol. The maximum Gasteiger partial charge on any atom is 0.326 e. The Balaban J connectivity index is 1.36. The fourth-order valence-electron chi connectivity index (χ4n) is 4.56. The summed E-state index contributed by atoms with van der Waals surface area (Å²) in [6, 6.07) is 21.2. The van der Waals surface area contributed by atoms with Gasteiger partial charge in [0.15, 0.2) is 5.78 Å². The van der Waals surface area contributed by atoms with E-state index in [2.05, 4.69) is 4.98 Å². The van der Waals surface area contributed by atoms with Crippen LogP contribution in [0.5, 0.6) is 0 Å². The van der Waals surface area contributed by atoms with Gasteiger partial charge in [-0.1, -0.05) is 41.9 Å². The smallest absolute Gasteiger partial charge is 0.326 e. The molecule has 0 aliphatic carbocycles. The van der Waals surface area contributed by atoms with Gasteiger partial charge in [0.25, 0.3) is 5.91 Å². The van der Waals surface area contributed by atoms with Crippen molar-refractivity contribution in [1.82, 2.24) is 14.5 Å². The number of amides is 1. The van der Waals surface area contributed by atoms with Crippen molar-refractivity contribution in [2.45, 2.75) is 18.9 Å². The molecule has 0 atom stereocenters. The molecule has 0 unspecified atom stereocenters. The van der Waals surface area contributed by atoms with Crippen LogP contribution < -0.4 is 5.69 Å². The number of hydrogen-bond acceptors (Lipinski definition) is 3. The van der Waals surface area contributed by atoms with Crippen LogP contribution in [0.25, 0.3) is 11.0 Å². The summed E-state index contributed by atoms with van der Waals surface area (Å²) in [5.74, 6) is -0.381. The molecule has 1 aliphatic rings. The molecular formula is C26H22ClN3O3. The number of halogens is 1. The van der Waals surface area contributed by atoms with Crippen LogP contribution in [0.4, 0.5) is 0 Å². The maximum absolute atomic E-state index is 13.4. The van der Waals surface area contributed by atoms with Crippen LogP contribution in [0.3, 0.4) is 0 Å². The number of carbonyl (C=O) groups excluding carboxylic acids is 2. The highest BCUT2D eigenvalue weighted by molar-refractivity contribution is 6.30. The van der Waals surface area contributed by atoms with E-state index in [1.165, 1.54) is 0 Å². The van der Waals surface area contributed by atoms with Crippen molar-refractivity contribution in [3.8, 4) is 0 Å². The van der Waals surface area contributed by atoms with Gasteiger partial charge in [0, 0.05) is 35.3 Å². The largest absolute Gasteiger partial charge is 0.338 e. The summed E-state index contributed by atoms with van der Waals surface area (Å²) in [6.45, 7) is 1.03. The fourth-order valence-corrected chi connectivity index (χ4v) is 4.68. The Morgan fingerprint density at radius 1 is 0.848 bits per heavy atom. The molecule has 1 aromatic heterocycles. The number of para-hydroxylation sites is 2. The third-order valence-electron chi connectivity index (χ3n) is 6.25. The molecule has 1 amide bonds. The lowest BCUT2D eigenvalue weighted by molar-refractivity contribution is 0.0691. The highest BCUT2D eigenvalue weighted by atomic mass is 35.5. The SMILES string of the molecule is O=C(c1ccc(Cl)cc1)c1ccccc1C(=O)N1CCC(n2c(=O)[nH]c3ccccc32)CC1. The molecule has 0 spiro atoms. The van der Waals surface area contributed by atoms with Crippen LogP contribution in [0.15, 0.2) is 77.6 Å². The lowest BCUT2D eigenvalue weighted by Crippen LogP contribution is -2.41. The minimum absolute atomic E-state index is 0.0173. The van der Waals surface area contributed by atoms with Gasteiger partial charge in [-0.05, 0) is 55.3 Å². The van der Waals surface area contributed by atoms with Crippen LogP contribution in [-0.2, 0) is 0 Å². The molecule has 166 valence electrons. The monoisotopic (exact) mass is 459 g/mol. The third kappa shape index (κ3) is 3.98. The molecule has 0 radical (unpaired) electrons. The quantitative estimate of drug-likeness (QED) is 0.450. The molecule has 4 aromatic rings. The summed E-state index contributed by atoms with van der Waals surface area (Å²) < 4.78 is 1.80. The Bertz CT molecular complexity index is 1400. The van der Waals surface area contributed by atoms with Gasteiger partial charge in [-0.25, -0.2) is 4.79 Å². The van der Waals surface area contributed by atoms with Crippen molar-refractivity contribution in [2.24, 2.45) is 0 Å². The van der Waals surface area contributed by atoms with Crippen molar-refractivity contribution >= 4 is 34.3 Å². The van der Waals surface area contributed by atoms with Gasteiger partial charge in [0.2, 0.25) is 0 Å². The highest BCUT2D eigenvalue weighted by Crippen LogP contribution is 2.27. The van der Waals surface area contributed by atoms with Gasteiger partial charge in [0.1, 0.15) is 0 Å². The van der Waals surface area contributed by atoms with Crippen molar-refractivity contribution in [1.29, 1.82) is 0 Å². The third-order valence-corrected chi connectivity index (χ3v) is 6.50. The van der Waals surface area contributed by atoms with E-state index in [0.717, 1.165) is 11.0 Å².